The average Bonchev–Trinajstić information content (AvgIpc) is 2.86. The zero-order valence-corrected chi connectivity index (χ0v) is 12.5. The molecule has 2 aromatic rings. The summed E-state index contributed by atoms with van der Waals surface area (Å²) in [5.41, 5.74) is 5.94. The van der Waals surface area contributed by atoms with Crippen LogP contribution >= 0.6 is 12.4 Å². The maximum absolute atomic E-state index is 11.8. The van der Waals surface area contributed by atoms with Gasteiger partial charge < -0.3 is 20.4 Å². The number of nitrogens with two attached hydrogens (primary N) is 1. The van der Waals surface area contributed by atoms with Gasteiger partial charge >= 0.3 is 0 Å². The topological polar surface area (TPSA) is 88.6 Å². The van der Waals surface area contributed by atoms with Gasteiger partial charge in [0, 0.05) is 12.4 Å². The number of likely N-dealkylation sites (N-methyl/N-ethyl adjacent to an activating group) is 1. The van der Waals surface area contributed by atoms with Crippen molar-refractivity contribution in [1.29, 1.82) is 0 Å². The van der Waals surface area contributed by atoms with E-state index in [9.17, 15) is 9.59 Å². The molecule has 0 aliphatic rings. The molecule has 0 atom stereocenters. The SMILES string of the molecule is CN(Cc1cc2ccccc2o1)C(=O)CNC(=O)CN.Cl. The smallest absolute Gasteiger partial charge is 0.242 e. The Morgan fingerprint density at radius 3 is 2.71 bits per heavy atom. The van der Waals surface area contributed by atoms with Crippen molar-refractivity contribution in [2.75, 3.05) is 20.1 Å². The van der Waals surface area contributed by atoms with Gasteiger partial charge in [-0.1, -0.05) is 18.2 Å². The first-order valence-electron chi connectivity index (χ1n) is 6.28. The molecule has 0 saturated carbocycles. The molecular weight excluding hydrogens is 294 g/mol. The lowest BCUT2D eigenvalue weighted by molar-refractivity contribution is -0.132. The van der Waals surface area contributed by atoms with E-state index in [1.165, 1.54) is 4.90 Å². The second-order valence-electron chi connectivity index (χ2n) is 4.48. The van der Waals surface area contributed by atoms with E-state index < -0.39 is 0 Å². The van der Waals surface area contributed by atoms with Gasteiger partial charge in [-0.05, 0) is 12.1 Å². The molecule has 1 aromatic heterocycles. The molecule has 0 bridgehead atoms. The summed E-state index contributed by atoms with van der Waals surface area (Å²) in [6.07, 6.45) is 0. The van der Waals surface area contributed by atoms with Gasteiger partial charge in [0.25, 0.3) is 0 Å². The number of fused-ring (bicyclic) bond motifs is 1. The third-order valence-electron chi connectivity index (χ3n) is 2.92. The highest BCUT2D eigenvalue weighted by molar-refractivity contribution is 5.86. The maximum atomic E-state index is 11.8. The summed E-state index contributed by atoms with van der Waals surface area (Å²) in [7, 11) is 1.66. The number of halogens is 1. The number of rotatable bonds is 5. The van der Waals surface area contributed by atoms with Gasteiger partial charge in [0.15, 0.2) is 0 Å². The minimum Gasteiger partial charge on any atom is -0.459 e. The number of benzene rings is 1. The molecule has 0 unspecified atom stereocenters. The van der Waals surface area contributed by atoms with E-state index in [1.54, 1.807) is 7.05 Å². The van der Waals surface area contributed by atoms with Gasteiger partial charge in [0.2, 0.25) is 11.8 Å². The molecule has 21 heavy (non-hydrogen) atoms. The van der Waals surface area contributed by atoms with Crippen LogP contribution in [0.25, 0.3) is 11.0 Å². The first-order valence-corrected chi connectivity index (χ1v) is 6.28. The first kappa shape index (κ1) is 17.0. The maximum Gasteiger partial charge on any atom is 0.242 e. The third-order valence-corrected chi connectivity index (χ3v) is 2.92. The fraction of sp³-hybridized carbons (Fsp3) is 0.286. The summed E-state index contributed by atoms with van der Waals surface area (Å²) in [6, 6.07) is 9.55. The van der Waals surface area contributed by atoms with E-state index in [2.05, 4.69) is 5.32 Å². The number of carbonyl (C=O) groups is 2. The molecule has 0 aliphatic heterocycles. The molecule has 2 rings (SSSR count). The Bertz CT molecular complexity index is 594. The summed E-state index contributed by atoms with van der Waals surface area (Å²) in [6.45, 7) is 0.166. The molecule has 1 aromatic carbocycles. The van der Waals surface area contributed by atoms with Crippen LogP contribution in [0, 0.1) is 0 Å². The zero-order chi connectivity index (χ0) is 14.5. The highest BCUT2D eigenvalue weighted by atomic mass is 35.5. The Morgan fingerprint density at radius 2 is 2.05 bits per heavy atom. The normalized spacial score (nSPS) is 10.0. The minimum atomic E-state index is -0.351. The van der Waals surface area contributed by atoms with Gasteiger partial charge in [-0.15, -0.1) is 12.4 Å². The molecule has 0 saturated heterocycles. The van der Waals surface area contributed by atoms with Crippen molar-refractivity contribution in [3.8, 4) is 0 Å². The quantitative estimate of drug-likeness (QED) is 0.858. The van der Waals surface area contributed by atoms with E-state index in [0.29, 0.717) is 12.3 Å². The number of nitrogens with zero attached hydrogens (tertiary/aromatic N) is 1. The highest BCUT2D eigenvalue weighted by Gasteiger charge is 2.12. The lowest BCUT2D eigenvalue weighted by atomic mass is 10.2. The van der Waals surface area contributed by atoms with Crippen LogP contribution in [-0.4, -0.2) is 36.9 Å². The van der Waals surface area contributed by atoms with Crippen molar-refractivity contribution in [2.24, 2.45) is 5.73 Å². The number of amides is 2. The summed E-state index contributed by atoms with van der Waals surface area (Å²) >= 11 is 0. The van der Waals surface area contributed by atoms with Crippen LogP contribution in [0.5, 0.6) is 0 Å². The summed E-state index contributed by atoms with van der Waals surface area (Å²) in [5, 5.41) is 3.44. The third kappa shape index (κ3) is 4.47. The summed E-state index contributed by atoms with van der Waals surface area (Å²) < 4.78 is 5.63. The van der Waals surface area contributed by atoms with Crippen LogP contribution in [0.1, 0.15) is 5.76 Å². The Labute approximate surface area is 128 Å². The van der Waals surface area contributed by atoms with Crippen molar-refractivity contribution in [3.05, 3.63) is 36.1 Å². The van der Waals surface area contributed by atoms with E-state index in [4.69, 9.17) is 10.2 Å². The van der Waals surface area contributed by atoms with Crippen molar-refractivity contribution in [1.82, 2.24) is 10.2 Å². The van der Waals surface area contributed by atoms with Crippen molar-refractivity contribution < 1.29 is 14.0 Å². The van der Waals surface area contributed by atoms with Gasteiger partial charge in [0.1, 0.15) is 11.3 Å². The largest absolute Gasteiger partial charge is 0.459 e. The van der Waals surface area contributed by atoms with Crippen molar-refractivity contribution in [3.63, 3.8) is 0 Å². The lowest BCUT2D eigenvalue weighted by Crippen LogP contribution is -2.40. The Hall–Kier alpha value is -2.05. The van der Waals surface area contributed by atoms with E-state index >= 15 is 0 Å². The first-order chi connectivity index (χ1) is 9.60. The van der Waals surface area contributed by atoms with Crippen molar-refractivity contribution in [2.45, 2.75) is 6.54 Å². The predicted octanol–water partition coefficient (Wildman–Crippen LogP) is 0.888. The second-order valence-corrected chi connectivity index (χ2v) is 4.48. The highest BCUT2D eigenvalue weighted by Crippen LogP contribution is 2.19. The fourth-order valence-corrected chi connectivity index (χ4v) is 1.82. The summed E-state index contributed by atoms with van der Waals surface area (Å²) in [4.78, 5) is 24.3. The summed E-state index contributed by atoms with van der Waals surface area (Å²) in [5.74, 6) is 0.148. The average molecular weight is 312 g/mol. The monoisotopic (exact) mass is 311 g/mol. The molecule has 114 valence electrons. The second kappa shape index (κ2) is 7.66. The van der Waals surface area contributed by atoms with Gasteiger partial charge in [-0.25, -0.2) is 0 Å². The molecule has 0 radical (unpaired) electrons. The van der Waals surface area contributed by atoms with Crippen LogP contribution in [-0.2, 0) is 16.1 Å². The number of hydrogen-bond donors (Lipinski definition) is 2. The molecule has 0 spiro atoms. The number of para-hydroxylation sites is 1. The van der Waals surface area contributed by atoms with Crippen LogP contribution in [0.3, 0.4) is 0 Å². The molecule has 0 fully saturated rings. The Kier molecular flexibility index (Phi) is 6.20. The molecule has 6 nitrogen and oxygen atoms in total. The van der Waals surface area contributed by atoms with Crippen molar-refractivity contribution >= 4 is 35.2 Å². The van der Waals surface area contributed by atoms with Gasteiger partial charge in [-0.2, -0.15) is 0 Å². The molecule has 2 amide bonds. The van der Waals surface area contributed by atoms with E-state index in [0.717, 1.165) is 11.0 Å². The van der Waals surface area contributed by atoms with E-state index in [-0.39, 0.29) is 37.3 Å². The Balaban J connectivity index is 0.00000220. The molecule has 7 heteroatoms. The van der Waals surface area contributed by atoms with Crippen LogP contribution in [0.15, 0.2) is 34.7 Å². The predicted molar refractivity (Wildman–Crippen MR) is 82.0 cm³/mol. The molecule has 1 heterocycles. The lowest BCUT2D eigenvalue weighted by Gasteiger charge is -2.15. The number of nitrogens with one attached hydrogen (secondary N) is 1. The number of furan rings is 1. The van der Waals surface area contributed by atoms with Crippen LogP contribution in [0.4, 0.5) is 0 Å². The van der Waals surface area contributed by atoms with Crippen LogP contribution in [0.2, 0.25) is 0 Å². The fourth-order valence-electron chi connectivity index (χ4n) is 1.82. The van der Waals surface area contributed by atoms with Crippen LogP contribution < -0.4 is 11.1 Å². The van der Waals surface area contributed by atoms with Gasteiger partial charge in [0.05, 0.1) is 19.6 Å². The molecular formula is C14H18ClN3O3. The van der Waals surface area contributed by atoms with E-state index in [1.807, 2.05) is 30.3 Å². The minimum absolute atomic E-state index is 0. The molecule has 0 aliphatic carbocycles. The molecule has 3 N–H and O–H groups in total. The number of hydrogen-bond acceptors (Lipinski definition) is 4. The standard InChI is InChI=1S/C14H17N3O3.ClH/c1-17(14(19)8-16-13(18)7-15)9-11-6-10-4-2-3-5-12(10)20-11;/h2-6H,7-9,15H2,1H3,(H,16,18);1H. The zero-order valence-electron chi connectivity index (χ0n) is 11.7. The van der Waals surface area contributed by atoms with Gasteiger partial charge in [-0.3, -0.25) is 9.59 Å². The number of carbonyl (C=O) groups excluding carboxylic acids is 2. The Morgan fingerprint density at radius 1 is 1.33 bits per heavy atom.